The van der Waals surface area contributed by atoms with Gasteiger partial charge in [-0.05, 0) is 31.9 Å². The molecule has 0 aliphatic carbocycles. The van der Waals surface area contributed by atoms with Crippen molar-refractivity contribution < 1.29 is 14.0 Å². The van der Waals surface area contributed by atoms with E-state index in [4.69, 9.17) is 4.42 Å². The van der Waals surface area contributed by atoms with Gasteiger partial charge in [0.15, 0.2) is 5.76 Å². The van der Waals surface area contributed by atoms with Gasteiger partial charge in [-0.15, -0.1) is 6.58 Å². The Morgan fingerprint density at radius 2 is 2.24 bits per heavy atom. The van der Waals surface area contributed by atoms with Crippen LogP contribution in [0, 0.1) is 6.92 Å². The van der Waals surface area contributed by atoms with Gasteiger partial charge >= 0.3 is 0 Å². The van der Waals surface area contributed by atoms with E-state index in [1.165, 1.54) is 0 Å². The number of piperidine rings is 1. The summed E-state index contributed by atoms with van der Waals surface area (Å²) in [6.45, 7) is 6.78. The highest BCUT2D eigenvalue weighted by Crippen LogP contribution is 2.32. The first kappa shape index (κ1) is 13.9. The maximum Gasteiger partial charge on any atom is 0.289 e. The number of hydrogen-bond acceptors (Lipinski definition) is 3. The summed E-state index contributed by atoms with van der Waals surface area (Å²) in [7, 11) is 0. The fraction of sp³-hybridized carbons (Fsp3) is 0.500. The van der Waals surface area contributed by atoms with Gasteiger partial charge < -0.3 is 14.2 Å². The topological polar surface area (TPSA) is 53.8 Å². The molecule has 21 heavy (non-hydrogen) atoms. The van der Waals surface area contributed by atoms with E-state index in [9.17, 15) is 9.59 Å². The van der Waals surface area contributed by atoms with Crippen LogP contribution in [0.15, 0.2) is 29.2 Å². The molecule has 2 atom stereocenters. The summed E-state index contributed by atoms with van der Waals surface area (Å²) in [5.74, 6) is 1.23. The van der Waals surface area contributed by atoms with Crippen molar-refractivity contribution in [2.24, 2.45) is 0 Å². The molecule has 1 aromatic rings. The molecular formula is C16H20N2O3. The Morgan fingerprint density at radius 1 is 1.43 bits per heavy atom. The average molecular weight is 288 g/mol. The van der Waals surface area contributed by atoms with Crippen molar-refractivity contribution in [3.05, 3.63) is 36.3 Å². The summed E-state index contributed by atoms with van der Waals surface area (Å²) in [5, 5.41) is 0. The van der Waals surface area contributed by atoms with Crippen molar-refractivity contribution in [2.75, 3.05) is 13.1 Å². The van der Waals surface area contributed by atoms with Gasteiger partial charge in [0, 0.05) is 19.5 Å². The lowest BCUT2D eigenvalue weighted by Crippen LogP contribution is -2.53. The smallest absolute Gasteiger partial charge is 0.289 e. The minimum atomic E-state index is -0.0662. The molecule has 0 spiro atoms. The molecule has 2 saturated heterocycles. The number of nitrogens with zero attached hydrogens (tertiary/aromatic N) is 2. The van der Waals surface area contributed by atoms with E-state index in [1.807, 2.05) is 16.7 Å². The van der Waals surface area contributed by atoms with Crippen LogP contribution in [0.25, 0.3) is 0 Å². The normalized spacial score (nSPS) is 25.1. The summed E-state index contributed by atoms with van der Waals surface area (Å²) in [5.41, 5.74) is 0. The monoisotopic (exact) mass is 288 g/mol. The number of amides is 2. The lowest BCUT2D eigenvalue weighted by molar-refractivity contribution is -0.136. The van der Waals surface area contributed by atoms with Crippen LogP contribution in [0.2, 0.25) is 0 Å². The van der Waals surface area contributed by atoms with Crippen LogP contribution >= 0.6 is 0 Å². The summed E-state index contributed by atoms with van der Waals surface area (Å²) in [6.07, 6.45) is 3.81. The van der Waals surface area contributed by atoms with Crippen molar-refractivity contribution in [1.29, 1.82) is 0 Å². The maximum atomic E-state index is 12.6. The van der Waals surface area contributed by atoms with Crippen molar-refractivity contribution in [1.82, 2.24) is 9.80 Å². The molecule has 112 valence electrons. The molecule has 5 nitrogen and oxygen atoms in total. The standard InChI is InChI=1S/C16H20N2O3/c1-3-9-17-13-8-10-18(12(13)5-7-15(17)19)16(20)14-6-4-11(2)21-14/h3-4,6,12-13H,1,5,7-10H2,2H3/t12-,13-/m1/s1. The second-order valence-corrected chi connectivity index (χ2v) is 5.71. The molecule has 0 aromatic carbocycles. The number of likely N-dealkylation sites (tertiary alicyclic amines) is 2. The van der Waals surface area contributed by atoms with Crippen LogP contribution in [0.5, 0.6) is 0 Å². The van der Waals surface area contributed by atoms with Crippen LogP contribution in [-0.4, -0.2) is 46.8 Å². The van der Waals surface area contributed by atoms with Crippen LogP contribution in [0.4, 0.5) is 0 Å². The predicted molar refractivity (Wildman–Crippen MR) is 77.8 cm³/mol. The molecule has 1 aromatic heterocycles. The zero-order valence-corrected chi connectivity index (χ0v) is 12.2. The number of furan rings is 1. The van der Waals surface area contributed by atoms with Crippen molar-refractivity contribution in [3.63, 3.8) is 0 Å². The molecule has 0 saturated carbocycles. The van der Waals surface area contributed by atoms with Crippen molar-refractivity contribution in [3.8, 4) is 0 Å². The highest BCUT2D eigenvalue weighted by Gasteiger charge is 2.44. The fourth-order valence-corrected chi connectivity index (χ4v) is 3.47. The van der Waals surface area contributed by atoms with Crippen LogP contribution in [0.1, 0.15) is 35.6 Å². The van der Waals surface area contributed by atoms with Crippen LogP contribution in [-0.2, 0) is 4.79 Å². The molecule has 3 heterocycles. The van der Waals surface area contributed by atoms with E-state index < -0.39 is 0 Å². The van der Waals surface area contributed by atoms with Gasteiger partial charge in [-0.1, -0.05) is 6.08 Å². The molecule has 2 aliphatic rings. The quantitative estimate of drug-likeness (QED) is 0.799. The summed E-state index contributed by atoms with van der Waals surface area (Å²) >= 11 is 0. The molecule has 0 N–H and O–H groups in total. The van der Waals surface area contributed by atoms with Gasteiger partial charge in [-0.2, -0.15) is 0 Å². The van der Waals surface area contributed by atoms with Crippen LogP contribution in [0.3, 0.4) is 0 Å². The van der Waals surface area contributed by atoms with Gasteiger partial charge in [0.2, 0.25) is 5.91 Å². The first-order valence-electron chi connectivity index (χ1n) is 7.39. The number of hydrogen-bond donors (Lipinski definition) is 0. The SMILES string of the molecule is C=CCN1C(=O)CC[C@@H]2[C@H]1CCN2C(=O)c1ccc(C)o1. The van der Waals surface area contributed by atoms with E-state index in [2.05, 4.69) is 6.58 Å². The van der Waals surface area contributed by atoms with Crippen molar-refractivity contribution in [2.45, 2.75) is 38.3 Å². The highest BCUT2D eigenvalue weighted by molar-refractivity contribution is 5.92. The van der Waals surface area contributed by atoms with E-state index in [-0.39, 0.29) is 23.9 Å². The number of fused-ring (bicyclic) bond motifs is 1. The fourth-order valence-electron chi connectivity index (χ4n) is 3.47. The molecule has 2 aliphatic heterocycles. The van der Waals surface area contributed by atoms with E-state index >= 15 is 0 Å². The summed E-state index contributed by atoms with van der Waals surface area (Å²) < 4.78 is 5.44. The molecule has 2 amide bonds. The second-order valence-electron chi connectivity index (χ2n) is 5.71. The second kappa shape index (κ2) is 5.39. The Kier molecular flexibility index (Phi) is 3.57. The Labute approximate surface area is 124 Å². The minimum absolute atomic E-state index is 0.0662. The zero-order chi connectivity index (χ0) is 15.0. The van der Waals surface area contributed by atoms with E-state index in [1.54, 1.807) is 18.2 Å². The highest BCUT2D eigenvalue weighted by atomic mass is 16.3. The van der Waals surface area contributed by atoms with Gasteiger partial charge in [-0.3, -0.25) is 9.59 Å². The number of carbonyl (C=O) groups is 2. The minimum Gasteiger partial charge on any atom is -0.456 e. The Balaban J connectivity index is 1.79. The Hall–Kier alpha value is -2.04. The molecule has 2 fully saturated rings. The summed E-state index contributed by atoms with van der Waals surface area (Å²) in [4.78, 5) is 28.3. The van der Waals surface area contributed by atoms with Crippen LogP contribution < -0.4 is 0 Å². The Morgan fingerprint density at radius 3 is 2.90 bits per heavy atom. The molecule has 5 heteroatoms. The van der Waals surface area contributed by atoms with E-state index in [0.29, 0.717) is 25.3 Å². The third-order valence-electron chi connectivity index (χ3n) is 4.42. The summed E-state index contributed by atoms with van der Waals surface area (Å²) in [6, 6.07) is 3.74. The molecule has 3 rings (SSSR count). The number of rotatable bonds is 3. The van der Waals surface area contributed by atoms with Gasteiger partial charge in [0.25, 0.3) is 5.91 Å². The average Bonchev–Trinajstić information content (AvgIpc) is 3.07. The third-order valence-corrected chi connectivity index (χ3v) is 4.42. The first-order valence-corrected chi connectivity index (χ1v) is 7.39. The Bertz CT molecular complexity index is 578. The first-order chi connectivity index (χ1) is 10.1. The largest absolute Gasteiger partial charge is 0.456 e. The number of aryl methyl sites for hydroxylation is 1. The lowest BCUT2D eigenvalue weighted by Gasteiger charge is -2.39. The lowest BCUT2D eigenvalue weighted by atomic mass is 9.96. The molecular weight excluding hydrogens is 268 g/mol. The van der Waals surface area contributed by atoms with Crippen molar-refractivity contribution >= 4 is 11.8 Å². The predicted octanol–water partition coefficient (Wildman–Crippen LogP) is 1.98. The third kappa shape index (κ3) is 2.37. The van der Waals surface area contributed by atoms with E-state index in [0.717, 1.165) is 18.6 Å². The maximum absolute atomic E-state index is 12.6. The number of carbonyl (C=O) groups excluding carboxylic acids is 2. The molecule has 0 radical (unpaired) electrons. The molecule has 0 unspecified atom stereocenters. The molecule has 0 bridgehead atoms. The van der Waals surface area contributed by atoms with Gasteiger partial charge in [-0.25, -0.2) is 0 Å². The van der Waals surface area contributed by atoms with Gasteiger partial charge in [0.1, 0.15) is 5.76 Å². The van der Waals surface area contributed by atoms with Gasteiger partial charge in [0.05, 0.1) is 12.1 Å². The zero-order valence-electron chi connectivity index (χ0n) is 12.2.